The van der Waals surface area contributed by atoms with E-state index in [1.807, 2.05) is 0 Å². The highest BCUT2D eigenvalue weighted by molar-refractivity contribution is 4.73. The predicted octanol–water partition coefficient (Wildman–Crippen LogP) is 2.78. The van der Waals surface area contributed by atoms with E-state index in [2.05, 4.69) is 6.92 Å². The molecule has 1 heteroatoms. The molecule has 0 aromatic rings. The zero-order valence-electron chi connectivity index (χ0n) is 6.81. The second-order valence-electron chi connectivity index (χ2n) is 3.37. The first-order chi connectivity index (χ1) is 4.84. The average molecular weight is 141 g/mol. The Labute approximate surface area is 63.4 Å². The summed E-state index contributed by atoms with van der Waals surface area (Å²) in [5.41, 5.74) is 0. The van der Waals surface area contributed by atoms with Crippen molar-refractivity contribution < 1.29 is 5.11 Å². The van der Waals surface area contributed by atoms with Crippen molar-refractivity contribution in [3.8, 4) is 0 Å². The second-order valence-corrected chi connectivity index (χ2v) is 3.37. The maximum atomic E-state index is 11.3. The highest BCUT2D eigenvalue weighted by atomic mass is 16.3. The molecule has 0 bridgehead atoms. The molecule has 1 unspecified atom stereocenters. The summed E-state index contributed by atoms with van der Waals surface area (Å²) < 4.78 is 0. The normalized spacial score (nSPS) is 23.4. The lowest BCUT2D eigenvalue weighted by atomic mass is 9.97. The third-order valence-electron chi connectivity index (χ3n) is 2.50. The van der Waals surface area contributed by atoms with Gasteiger partial charge >= 0.3 is 0 Å². The molecular formula is C9H17O. The molecule has 0 saturated heterocycles. The molecule has 1 fully saturated rings. The zero-order chi connectivity index (χ0) is 7.40. The van der Waals surface area contributed by atoms with Gasteiger partial charge in [-0.25, -0.2) is 5.11 Å². The van der Waals surface area contributed by atoms with Crippen LogP contribution in [-0.4, -0.2) is 6.10 Å². The first-order valence-corrected chi connectivity index (χ1v) is 4.50. The van der Waals surface area contributed by atoms with Gasteiger partial charge in [0.2, 0.25) is 0 Å². The van der Waals surface area contributed by atoms with E-state index < -0.39 is 0 Å². The number of rotatable bonds is 3. The summed E-state index contributed by atoms with van der Waals surface area (Å²) in [7, 11) is 0. The van der Waals surface area contributed by atoms with Crippen LogP contribution in [0.15, 0.2) is 0 Å². The van der Waals surface area contributed by atoms with Gasteiger partial charge in [0, 0.05) is 0 Å². The van der Waals surface area contributed by atoms with E-state index in [0.29, 0.717) is 5.92 Å². The molecule has 0 aliphatic heterocycles. The number of hydrogen-bond acceptors (Lipinski definition) is 0. The predicted molar refractivity (Wildman–Crippen MR) is 41.3 cm³/mol. The molecule has 0 aromatic carbocycles. The van der Waals surface area contributed by atoms with Gasteiger partial charge in [0.25, 0.3) is 0 Å². The maximum absolute atomic E-state index is 11.3. The van der Waals surface area contributed by atoms with Gasteiger partial charge in [-0.15, -0.1) is 0 Å². The van der Waals surface area contributed by atoms with Gasteiger partial charge in [-0.2, -0.15) is 0 Å². The van der Waals surface area contributed by atoms with Crippen molar-refractivity contribution in [2.24, 2.45) is 5.92 Å². The second kappa shape index (κ2) is 3.97. The van der Waals surface area contributed by atoms with Crippen LogP contribution in [0, 0.1) is 5.92 Å². The van der Waals surface area contributed by atoms with E-state index in [1.165, 1.54) is 25.7 Å². The van der Waals surface area contributed by atoms with Crippen molar-refractivity contribution in [3.63, 3.8) is 0 Å². The minimum atomic E-state index is -0.243. The van der Waals surface area contributed by atoms with E-state index >= 15 is 0 Å². The zero-order valence-corrected chi connectivity index (χ0v) is 6.81. The third-order valence-corrected chi connectivity index (χ3v) is 2.50. The van der Waals surface area contributed by atoms with E-state index in [9.17, 15) is 5.11 Å². The van der Waals surface area contributed by atoms with E-state index in [0.717, 1.165) is 12.8 Å². The van der Waals surface area contributed by atoms with Crippen LogP contribution in [0.4, 0.5) is 0 Å². The van der Waals surface area contributed by atoms with Crippen LogP contribution < -0.4 is 0 Å². The van der Waals surface area contributed by atoms with Crippen LogP contribution in [0.2, 0.25) is 0 Å². The first kappa shape index (κ1) is 8.06. The molecule has 0 aromatic heterocycles. The molecule has 10 heavy (non-hydrogen) atoms. The van der Waals surface area contributed by atoms with Crippen molar-refractivity contribution in [1.82, 2.24) is 0 Å². The highest BCUT2D eigenvalue weighted by Gasteiger charge is 2.23. The minimum Gasteiger partial charge on any atom is -0.233 e. The van der Waals surface area contributed by atoms with Crippen LogP contribution in [0.25, 0.3) is 0 Å². The molecule has 59 valence electrons. The molecule has 0 spiro atoms. The van der Waals surface area contributed by atoms with Gasteiger partial charge in [0.1, 0.15) is 0 Å². The van der Waals surface area contributed by atoms with Crippen molar-refractivity contribution >= 4 is 0 Å². The SMILES string of the molecule is CCCC([O])C1CCCC1. The summed E-state index contributed by atoms with van der Waals surface area (Å²) in [5, 5.41) is 11.3. The van der Waals surface area contributed by atoms with E-state index in [4.69, 9.17) is 0 Å². The molecule has 0 heterocycles. The highest BCUT2D eigenvalue weighted by Crippen LogP contribution is 2.29. The molecule has 1 aliphatic carbocycles. The maximum Gasteiger partial charge on any atom is 0.0958 e. The van der Waals surface area contributed by atoms with E-state index in [-0.39, 0.29) is 6.10 Å². The van der Waals surface area contributed by atoms with Gasteiger partial charge in [0.05, 0.1) is 6.10 Å². The van der Waals surface area contributed by atoms with Crippen LogP contribution in [0.5, 0.6) is 0 Å². The van der Waals surface area contributed by atoms with Crippen LogP contribution in [0.3, 0.4) is 0 Å². The molecular weight excluding hydrogens is 124 g/mol. The fourth-order valence-electron chi connectivity index (χ4n) is 1.85. The molecule has 0 amide bonds. The Morgan fingerprint density at radius 2 is 2.00 bits per heavy atom. The lowest BCUT2D eigenvalue weighted by Gasteiger charge is -2.13. The van der Waals surface area contributed by atoms with Gasteiger partial charge < -0.3 is 0 Å². The van der Waals surface area contributed by atoms with E-state index in [1.54, 1.807) is 0 Å². The standard InChI is InChI=1S/C9H17O/c1-2-5-9(10)8-6-3-4-7-8/h8-9H,2-7H2,1H3. The molecule has 0 N–H and O–H groups in total. The Kier molecular flexibility index (Phi) is 3.20. The van der Waals surface area contributed by atoms with Gasteiger partial charge in [-0.1, -0.05) is 26.2 Å². The van der Waals surface area contributed by atoms with Crippen molar-refractivity contribution in [2.75, 3.05) is 0 Å². The lowest BCUT2D eigenvalue weighted by Crippen LogP contribution is -2.15. The largest absolute Gasteiger partial charge is 0.233 e. The Balaban J connectivity index is 2.18. The molecule has 1 aliphatic rings. The molecule has 1 saturated carbocycles. The van der Waals surface area contributed by atoms with Gasteiger partial charge in [0.15, 0.2) is 0 Å². The Morgan fingerprint density at radius 1 is 1.40 bits per heavy atom. The summed E-state index contributed by atoms with van der Waals surface area (Å²) >= 11 is 0. The van der Waals surface area contributed by atoms with Gasteiger partial charge in [-0.3, -0.25) is 0 Å². The summed E-state index contributed by atoms with van der Waals surface area (Å²) in [4.78, 5) is 0. The van der Waals surface area contributed by atoms with Crippen molar-refractivity contribution in [1.29, 1.82) is 0 Å². The molecule has 1 atom stereocenters. The first-order valence-electron chi connectivity index (χ1n) is 4.50. The molecule has 1 rings (SSSR count). The van der Waals surface area contributed by atoms with Crippen LogP contribution >= 0.6 is 0 Å². The fourth-order valence-corrected chi connectivity index (χ4v) is 1.85. The lowest BCUT2D eigenvalue weighted by molar-refractivity contribution is 0.0315. The van der Waals surface area contributed by atoms with Crippen molar-refractivity contribution in [2.45, 2.75) is 51.6 Å². The third kappa shape index (κ3) is 1.98. The van der Waals surface area contributed by atoms with Gasteiger partial charge in [-0.05, 0) is 25.2 Å². The Morgan fingerprint density at radius 3 is 2.50 bits per heavy atom. The Hall–Kier alpha value is -0.0400. The van der Waals surface area contributed by atoms with Crippen LogP contribution in [0.1, 0.15) is 45.4 Å². The molecule has 1 nitrogen and oxygen atoms in total. The number of hydrogen-bond donors (Lipinski definition) is 0. The quantitative estimate of drug-likeness (QED) is 0.576. The monoisotopic (exact) mass is 141 g/mol. The smallest absolute Gasteiger partial charge is 0.0958 e. The topological polar surface area (TPSA) is 19.9 Å². The summed E-state index contributed by atoms with van der Waals surface area (Å²) in [6.45, 7) is 2.10. The summed E-state index contributed by atoms with van der Waals surface area (Å²) in [6, 6.07) is 0. The fraction of sp³-hybridized carbons (Fsp3) is 1.00. The summed E-state index contributed by atoms with van der Waals surface area (Å²) in [6.07, 6.45) is 6.71. The Bertz CT molecular complexity index is 84.7. The van der Waals surface area contributed by atoms with Crippen LogP contribution in [-0.2, 0) is 5.11 Å². The summed E-state index contributed by atoms with van der Waals surface area (Å²) in [5.74, 6) is 0.528. The minimum absolute atomic E-state index is 0.243. The molecule has 1 radical (unpaired) electrons. The van der Waals surface area contributed by atoms with Crippen molar-refractivity contribution in [3.05, 3.63) is 0 Å². The average Bonchev–Trinajstić information content (AvgIpc) is 2.38.